The molecule has 0 bridgehead atoms. The minimum atomic E-state index is 0.526. The van der Waals surface area contributed by atoms with E-state index < -0.39 is 0 Å². The second kappa shape index (κ2) is 7.11. The Balaban J connectivity index is 1.65. The number of rotatable bonds is 4. The van der Waals surface area contributed by atoms with Gasteiger partial charge in [0, 0.05) is 22.2 Å². The van der Waals surface area contributed by atoms with E-state index in [1.807, 2.05) is 49.6 Å². The van der Waals surface area contributed by atoms with Gasteiger partial charge in [0.05, 0.1) is 22.0 Å². The van der Waals surface area contributed by atoms with Gasteiger partial charge in [-0.25, -0.2) is 19.9 Å². The van der Waals surface area contributed by atoms with Crippen molar-refractivity contribution in [2.24, 2.45) is 0 Å². The van der Waals surface area contributed by atoms with E-state index >= 15 is 0 Å². The molecule has 4 aromatic rings. The molecule has 0 saturated carbocycles. The van der Waals surface area contributed by atoms with Crippen LogP contribution in [0.2, 0.25) is 5.02 Å². The fraction of sp³-hybridized carbons (Fsp3) is 0.111. The summed E-state index contributed by atoms with van der Waals surface area (Å²) in [6, 6.07) is 9.58. The topological polar surface area (TPSA) is 63.6 Å². The highest BCUT2D eigenvalue weighted by Gasteiger charge is 2.13. The number of aromatic nitrogens is 4. The molecule has 0 aliphatic rings. The molecule has 0 aliphatic heterocycles. The maximum atomic E-state index is 5.97. The number of aryl methyl sites for hydroxylation is 2. The first-order valence-electron chi connectivity index (χ1n) is 7.84. The highest BCUT2D eigenvalue weighted by Crippen LogP contribution is 2.35. The van der Waals surface area contributed by atoms with Crippen LogP contribution in [0.5, 0.6) is 0 Å². The van der Waals surface area contributed by atoms with E-state index in [-0.39, 0.29) is 0 Å². The number of nitrogens with one attached hydrogen (secondary N) is 1. The number of benzene rings is 1. The number of anilines is 2. The first-order valence-corrected chi connectivity index (χ1v) is 9.92. The zero-order valence-electron chi connectivity index (χ0n) is 14.0. The van der Waals surface area contributed by atoms with Crippen molar-refractivity contribution in [3.8, 4) is 21.1 Å². The molecule has 1 N–H and O–H groups in total. The summed E-state index contributed by atoms with van der Waals surface area (Å²) < 4.78 is 0. The highest BCUT2D eigenvalue weighted by atomic mass is 35.5. The second-order valence-electron chi connectivity index (χ2n) is 5.62. The van der Waals surface area contributed by atoms with Gasteiger partial charge in [0.1, 0.15) is 5.01 Å². The van der Waals surface area contributed by atoms with Gasteiger partial charge in [-0.05, 0) is 32.0 Å². The number of hydrogen-bond acceptors (Lipinski definition) is 7. The molecule has 3 aromatic heterocycles. The molecule has 0 radical (unpaired) electrons. The zero-order valence-corrected chi connectivity index (χ0v) is 16.4. The molecule has 0 fully saturated rings. The molecule has 0 saturated heterocycles. The average molecular weight is 400 g/mol. The predicted molar refractivity (Wildman–Crippen MR) is 108 cm³/mol. The number of nitrogens with zero attached hydrogens (tertiary/aromatic N) is 4. The van der Waals surface area contributed by atoms with Crippen molar-refractivity contribution in [1.82, 2.24) is 19.9 Å². The Labute approximate surface area is 163 Å². The summed E-state index contributed by atoms with van der Waals surface area (Å²) in [4.78, 5) is 19.0. The molecule has 130 valence electrons. The molecule has 5 nitrogen and oxygen atoms in total. The monoisotopic (exact) mass is 399 g/mol. The Bertz CT molecular complexity index is 1060. The van der Waals surface area contributed by atoms with Gasteiger partial charge in [-0.2, -0.15) is 0 Å². The van der Waals surface area contributed by atoms with Crippen LogP contribution < -0.4 is 5.32 Å². The molecule has 0 aliphatic carbocycles. The highest BCUT2D eigenvalue weighted by molar-refractivity contribution is 7.18. The van der Waals surface area contributed by atoms with Gasteiger partial charge in [0.2, 0.25) is 5.95 Å². The van der Waals surface area contributed by atoms with Crippen molar-refractivity contribution in [3.63, 3.8) is 0 Å². The molecule has 0 amide bonds. The Hall–Kier alpha value is -2.35. The molecular formula is C18H14ClN5S2. The van der Waals surface area contributed by atoms with Crippen LogP contribution in [0.3, 0.4) is 0 Å². The quantitative estimate of drug-likeness (QED) is 0.474. The first-order chi connectivity index (χ1) is 12.6. The molecule has 8 heteroatoms. The van der Waals surface area contributed by atoms with Crippen molar-refractivity contribution in [2.75, 3.05) is 5.32 Å². The van der Waals surface area contributed by atoms with Crippen LogP contribution >= 0.6 is 34.3 Å². The summed E-state index contributed by atoms with van der Waals surface area (Å²) in [7, 11) is 0. The lowest BCUT2D eigenvalue weighted by Gasteiger charge is -2.03. The number of halogens is 1. The molecule has 0 unspecified atom stereocenters. The largest absolute Gasteiger partial charge is 0.300 e. The van der Waals surface area contributed by atoms with Crippen LogP contribution in [0.25, 0.3) is 21.1 Å². The van der Waals surface area contributed by atoms with Gasteiger partial charge in [-0.3, -0.25) is 0 Å². The fourth-order valence-electron chi connectivity index (χ4n) is 2.40. The van der Waals surface area contributed by atoms with Crippen LogP contribution in [0.4, 0.5) is 11.1 Å². The van der Waals surface area contributed by atoms with Gasteiger partial charge in [0.25, 0.3) is 0 Å². The summed E-state index contributed by atoms with van der Waals surface area (Å²) in [5.74, 6) is 0.526. The maximum absolute atomic E-state index is 5.97. The molecule has 1 aromatic carbocycles. The third-order valence-electron chi connectivity index (χ3n) is 3.61. The van der Waals surface area contributed by atoms with Crippen LogP contribution in [-0.2, 0) is 0 Å². The smallest absolute Gasteiger partial charge is 0.229 e. The summed E-state index contributed by atoms with van der Waals surface area (Å²) in [6.07, 6.45) is 1.74. The van der Waals surface area contributed by atoms with E-state index in [0.29, 0.717) is 11.0 Å². The first kappa shape index (κ1) is 17.1. The van der Waals surface area contributed by atoms with E-state index in [1.165, 1.54) is 11.3 Å². The Morgan fingerprint density at radius 1 is 1.00 bits per heavy atom. The standard InChI is InChI=1S/C18H14ClN5S2/c1-10-9-25-18(21-10)24-17-20-8-7-14(23-17)15-11(2)22-16(26-15)12-3-5-13(19)6-4-12/h3-9H,1-2H3,(H,20,21,23,24). The second-order valence-corrected chi connectivity index (χ2v) is 7.92. The lowest BCUT2D eigenvalue weighted by Crippen LogP contribution is -1.97. The predicted octanol–water partition coefficient (Wildman–Crippen LogP) is 5.74. The Kier molecular flexibility index (Phi) is 4.67. The summed E-state index contributed by atoms with van der Waals surface area (Å²) in [5.41, 5.74) is 3.79. The zero-order chi connectivity index (χ0) is 18.1. The normalized spacial score (nSPS) is 10.9. The molecule has 0 atom stereocenters. The van der Waals surface area contributed by atoms with Crippen molar-refractivity contribution in [1.29, 1.82) is 0 Å². The molecule has 3 heterocycles. The van der Waals surface area contributed by atoms with Crippen molar-refractivity contribution in [3.05, 3.63) is 58.3 Å². The van der Waals surface area contributed by atoms with Crippen molar-refractivity contribution >= 4 is 45.4 Å². The third kappa shape index (κ3) is 3.60. The summed E-state index contributed by atoms with van der Waals surface area (Å²) in [6.45, 7) is 3.95. The summed E-state index contributed by atoms with van der Waals surface area (Å²) >= 11 is 9.11. The van der Waals surface area contributed by atoms with Crippen molar-refractivity contribution in [2.45, 2.75) is 13.8 Å². The van der Waals surface area contributed by atoms with E-state index in [1.54, 1.807) is 17.5 Å². The van der Waals surface area contributed by atoms with Gasteiger partial charge in [0.15, 0.2) is 5.13 Å². The molecular weight excluding hydrogens is 386 g/mol. The van der Waals surface area contributed by atoms with Gasteiger partial charge < -0.3 is 5.32 Å². The maximum Gasteiger partial charge on any atom is 0.229 e. The average Bonchev–Trinajstić information content (AvgIpc) is 3.21. The summed E-state index contributed by atoms with van der Waals surface area (Å²) in [5, 5.41) is 7.57. The van der Waals surface area contributed by atoms with E-state index in [2.05, 4.69) is 25.3 Å². The molecule has 4 rings (SSSR count). The lowest BCUT2D eigenvalue weighted by atomic mass is 10.2. The van der Waals surface area contributed by atoms with Crippen LogP contribution in [0, 0.1) is 13.8 Å². The van der Waals surface area contributed by atoms with Gasteiger partial charge in [-0.1, -0.05) is 23.7 Å². The number of hydrogen-bond donors (Lipinski definition) is 1. The van der Waals surface area contributed by atoms with Crippen LogP contribution in [-0.4, -0.2) is 19.9 Å². The molecule has 0 spiro atoms. The van der Waals surface area contributed by atoms with Crippen molar-refractivity contribution < 1.29 is 0 Å². The molecule has 26 heavy (non-hydrogen) atoms. The third-order valence-corrected chi connectivity index (χ3v) is 5.97. The fourth-order valence-corrected chi connectivity index (χ4v) is 4.25. The SMILES string of the molecule is Cc1csc(Nc2nccc(-c3sc(-c4ccc(Cl)cc4)nc3C)n2)n1. The Morgan fingerprint density at radius 2 is 1.81 bits per heavy atom. The van der Waals surface area contributed by atoms with Crippen LogP contribution in [0.15, 0.2) is 41.9 Å². The van der Waals surface area contributed by atoms with E-state index in [4.69, 9.17) is 11.6 Å². The van der Waals surface area contributed by atoms with Gasteiger partial charge in [-0.15, -0.1) is 22.7 Å². The van der Waals surface area contributed by atoms with Gasteiger partial charge >= 0.3 is 0 Å². The lowest BCUT2D eigenvalue weighted by molar-refractivity contribution is 1.15. The van der Waals surface area contributed by atoms with E-state index in [9.17, 15) is 0 Å². The van der Waals surface area contributed by atoms with Crippen LogP contribution in [0.1, 0.15) is 11.4 Å². The Morgan fingerprint density at radius 3 is 2.54 bits per heavy atom. The minimum Gasteiger partial charge on any atom is -0.300 e. The minimum absolute atomic E-state index is 0.526. The number of thiazole rings is 2. The van der Waals surface area contributed by atoms with E-state index in [0.717, 1.165) is 37.7 Å².